The van der Waals surface area contributed by atoms with Crippen molar-refractivity contribution < 1.29 is 14.0 Å². The summed E-state index contributed by atoms with van der Waals surface area (Å²) in [7, 11) is 0. The second-order valence-corrected chi connectivity index (χ2v) is 5.58. The minimum Gasteiger partial charge on any atom is -0.349 e. The maximum absolute atomic E-state index is 13.6. The molecule has 0 bridgehead atoms. The number of benzene rings is 2. The second-order valence-electron chi connectivity index (χ2n) is 5.58. The van der Waals surface area contributed by atoms with Gasteiger partial charge in [-0.3, -0.25) is 9.59 Å². The van der Waals surface area contributed by atoms with Crippen LogP contribution in [0, 0.1) is 23.1 Å². The van der Waals surface area contributed by atoms with Crippen LogP contribution in [0.4, 0.5) is 4.39 Å². The first-order chi connectivity index (χ1) is 11.4. The average molecular weight is 324 g/mol. The topological polar surface area (TPSA) is 70.0 Å². The van der Waals surface area contributed by atoms with E-state index in [1.165, 1.54) is 18.2 Å². The summed E-state index contributed by atoms with van der Waals surface area (Å²) in [6.45, 7) is 3.40. The number of Topliss-reactive ketones (excluding diaryl/α,β-unsaturated/α-hetero) is 1. The van der Waals surface area contributed by atoms with Crippen molar-refractivity contribution in [3.63, 3.8) is 0 Å². The fourth-order valence-electron chi connectivity index (χ4n) is 2.25. The van der Waals surface area contributed by atoms with Gasteiger partial charge in [0.05, 0.1) is 17.2 Å². The first kappa shape index (κ1) is 17.4. The molecule has 122 valence electrons. The zero-order chi connectivity index (χ0) is 17.7. The third kappa shape index (κ3) is 3.85. The van der Waals surface area contributed by atoms with Crippen molar-refractivity contribution in [1.82, 2.24) is 5.32 Å². The molecule has 4 nitrogen and oxygen atoms in total. The molecule has 2 aromatic carbocycles. The number of amides is 1. The Kier molecular flexibility index (Phi) is 5.43. The summed E-state index contributed by atoms with van der Waals surface area (Å²) in [6.07, 6.45) is 0. The Balaban J connectivity index is 2.07. The molecule has 0 aliphatic rings. The molecule has 5 heteroatoms. The van der Waals surface area contributed by atoms with Crippen LogP contribution in [0.15, 0.2) is 48.5 Å². The molecule has 0 aliphatic heterocycles. The lowest BCUT2D eigenvalue weighted by Gasteiger charge is -2.20. The predicted molar refractivity (Wildman–Crippen MR) is 88.0 cm³/mol. The summed E-state index contributed by atoms with van der Waals surface area (Å²) in [5.74, 6) is -1.80. The van der Waals surface area contributed by atoms with Gasteiger partial charge < -0.3 is 5.32 Å². The van der Waals surface area contributed by atoms with Gasteiger partial charge in [0.25, 0.3) is 5.91 Å². The Bertz CT molecular complexity index is 794. The maximum Gasteiger partial charge on any atom is 0.254 e. The number of nitrogens with one attached hydrogen (secondary N) is 1. The fourth-order valence-corrected chi connectivity index (χ4v) is 2.25. The Morgan fingerprint density at radius 3 is 2.29 bits per heavy atom. The number of ketones is 1. The third-order valence-electron chi connectivity index (χ3n) is 3.94. The zero-order valence-electron chi connectivity index (χ0n) is 13.4. The largest absolute Gasteiger partial charge is 0.349 e. The van der Waals surface area contributed by atoms with E-state index < -0.39 is 23.7 Å². The molecule has 2 atom stereocenters. The number of nitrogens with zero attached hydrogens (tertiary/aromatic N) is 1. The minimum atomic E-state index is -0.603. The molecule has 0 saturated heterocycles. The van der Waals surface area contributed by atoms with Crippen LogP contribution in [-0.4, -0.2) is 17.7 Å². The minimum absolute atomic E-state index is 0.0534. The molecule has 1 N–H and O–H groups in total. The van der Waals surface area contributed by atoms with Crippen molar-refractivity contribution in [3.8, 4) is 6.07 Å². The predicted octanol–water partition coefficient (Wildman–Crippen LogP) is 3.33. The maximum atomic E-state index is 13.6. The molecular formula is C19H17FN2O2. The number of carbonyl (C=O) groups excluding carboxylic acids is 2. The average Bonchev–Trinajstić information content (AvgIpc) is 2.60. The van der Waals surface area contributed by atoms with Crippen LogP contribution in [0.5, 0.6) is 0 Å². The van der Waals surface area contributed by atoms with E-state index in [-0.39, 0.29) is 11.3 Å². The molecule has 0 fully saturated rings. The normalized spacial score (nSPS) is 12.8. The lowest BCUT2D eigenvalue weighted by Crippen LogP contribution is -2.40. The standard InChI is InChI=1S/C19H17FN2O2/c1-12(18(23)15-9-7-14(11-21)8-10-15)13(2)22-19(24)16-5-3-4-6-17(16)20/h3-10,12-13H,1-2H3,(H,22,24). The van der Waals surface area contributed by atoms with E-state index in [1.54, 1.807) is 44.2 Å². The first-order valence-electron chi connectivity index (χ1n) is 7.53. The van der Waals surface area contributed by atoms with Crippen LogP contribution in [0.25, 0.3) is 0 Å². The van der Waals surface area contributed by atoms with Gasteiger partial charge in [0.15, 0.2) is 5.78 Å². The van der Waals surface area contributed by atoms with E-state index in [9.17, 15) is 14.0 Å². The number of rotatable bonds is 5. The van der Waals surface area contributed by atoms with Crippen molar-refractivity contribution in [2.24, 2.45) is 5.92 Å². The Labute approximate surface area is 139 Å². The quantitative estimate of drug-likeness (QED) is 0.858. The zero-order valence-corrected chi connectivity index (χ0v) is 13.4. The van der Waals surface area contributed by atoms with Crippen molar-refractivity contribution in [3.05, 3.63) is 71.0 Å². The molecule has 2 aromatic rings. The summed E-state index contributed by atoms with van der Waals surface area (Å²) in [4.78, 5) is 24.6. The molecular weight excluding hydrogens is 307 g/mol. The Morgan fingerprint density at radius 1 is 1.08 bits per heavy atom. The van der Waals surface area contributed by atoms with E-state index in [0.29, 0.717) is 11.1 Å². The van der Waals surface area contributed by atoms with Gasteiger partial charge in [-0.2, -0.15) is 5.26 Å². The van der Waals surface area contributed by atoms with Crippen LogP contribution in [0.3, 0.4) is 0 Å². The number of hydrogen-bond donors (Lipinski definition) is 1. The van der Waals surface area contributed by atoms with Crippen molar-refractivity contribution in [2.75, 3.05) is 0 Å². The van der Waals surface area contributed by atoms with Gasteiger partial charge in [0, 0.05) is 17.5 Å². The van der Waals surface area contributed by atoms with Crippen LogP contribution in [0.2, 0.25) is 0 Å². The van der Waals surface area contributed by atoms with Crippen LogP contribution < -0.4 is 5.32 Å². The number of halogens is 1. The highest BCUT2D eigenvalue weighted by atomic mass is 19.1. The molecule has 0 aromatic heterocycles. The third-order valence-corrected chi connectivity index (χ3v) is 3.94. The molecule has 0 spiro atoms. The Hall–Kier alpha value is -3.00. The van der Waals surface area contributed by atoms with Crippen LogP contribution in [-0.2, 0) is 0 Å². The van der Waals surface area contributed by atoms with Crippen molar-refractivity contribution in [2.45, 2.75) is 19.9 Å². The molecule has 0 saturated carbocycles. The highest BCUT2D eigenvalue weighted by Gasteiger charge is 2.24. The monoisotopic (exact) mass is 324 g/mol. The summed E-state index contributed by atoms with van der Waals surface area (Å²) < 4.78 is 13.6. The van der Waals surface area contributed by atoms with Gasteiger partial charge in [-0.05, 0) is 31.2 Å². The van der Waals surface area contributed by atoms with Crippen molar-refractivity contribution >= 4 is 11.7 Å². The SMILES string of the molecule is CC(NC(=O)c1ccccc1F)C(C)C(=O)c1ccc(C#N)cc1. The molecule has 0 aliphatic carbocycles. The van der Waals surface area contributed by atoms with E-state index in [4.69, 9.17) is 5.26 Å². The second kappa shape index (κ2) is 7.51. The summed E-state index contributed by atoms with van der Waals surface area (Å²) in [6, 6.07) is 13.5. The highest BCUT2D eigenvalue weighted by Crippen LogP contribution is 2.14. The fraction of sp³-hybridized carbons (Fsp3) is 0.211. The van der Waals surface area contributed by atoms with E-state index in [1.807, 2.05) is 6.07 Å². The van der Waals surface area contributed by atoms with Gasteiger partial charge in [-0.25, -0.2) is 4.39 Å². The number of carbonyl (C=O) groups is 2. The van der Waals surface area contributed by atoms with Crippen LogP contribution in [0.1, 0.15) is 40.1 Å². The Morgan fingerprint density at radius 2 is 1.71 bits per heavy atom. The van der Waals surface area contributed by atoms with Crippen molar-refractivity contribution in [1.29, 1.82) is 5.26 Å². The highest BCUT2D eigenvalue weighted by molar-refractivity contribution is 5.99. The molecule has 1 amide bonds. The smallest absolute Gasteiger partial charge is 0.254 e. The van der Waals surface area contributed by atoms with Gasteiger partial charge >= 0.3 is 0 Å². The van der Waals surface area contributed by atoms with Gasteiger partial charge in [0.2, 0.25) is 0 Å². The van der Waals surface area contributed by atoms with E-state index in [0.717, 1.165) is 0 Å². The molecule has 0 radical (unpaired) electrons. The first-order valence-corrected chi connectivity index (χ1v) is 7.53. The number of hydrogen-bond acceptors (Lipinski definition) is 3. The molecule has 0 heterocycles. The summed E-state index contributed by atoms with van der Waals surface area (Å²) >= 11 is 0. The summed E-state index contributed by atoms with van der Waals surface area (Å²) in [5.41, 5.74) is 0.885. The summed E-state index contributed by atoms with van der Waals surface area (Å²) in [5, 5.41) is 11.4. The molecule has 2 unspecified atom stereocenters. The van der Waals surface area contributed by atoms with E-state index in [2.05, 4.69) is 5.32 Å². The van der Waals surface area contributed by atoms with Gasteiger partial charge in [-0.15, -0.1) is 0 Å². The lowest BCUT2D eigenvalue weighted by molar-refractivity contribution is 0.0867. The van der Waals surface area contributed by atoms with E-state index >= 15 is 0 Å². The van der Waals surface area contributed by atoms with Gasteiger partial charge in [0.1, 0.15) is 5.82 Å². The number of nitriles is 1. The van der Waals surface area contributed by atoms with Crippen LogP contribution >= 0.6 is 0 Å². The van der Waals surface area contributed by atoms with Gasteiger partial charge in [-0.1, -0.05) is 31.2 Å². The molecule has 24 heavy (non-hydrogen) atoms. The molecule has 2 rings (SSSR count). The lowest BCUT2D eigenvalue weighted by atomic mass is 9.92.